The number of amides is 1. The predicted molar refractivity (Wildman–Crippen MR) is 124 cm³/mol. The van der Waals surface area contributed by atoms with Crippen LogP contribution in [-0.2, 0) is 11.3 Å². The lowest BCUT2D eigenvalue weighted by molar-refractivity contribution is -0.127. The van der Waals surface area contributed by atoms with Crippen molar-refractivity contribution in [1.82, 2.24) is 15.3 Å². The number of nitrogens with zero attached hydrogens (tertiary/aromatic N) is 1. The van der Waals surface area contributed by atoms with Gasteiger partial charge in [-0.2, -0.15) is 0 Å². The van der Waals surface area contributed by atoms with E-state index >= 15 is 0 Å². The Morgan fingerprint density at radius 3 is 2.47 bits per heavy atom. The van der Waals surface area contributed by atoms with Gasteiger partial charge in [0.25, 0.3) is 5.91 Å². The zero-order chi connectivity index (χ0) is 22.3. The summed E-state index contributed by atoms with van der Waals surface area (Å²) < 4.78 is 11.0. The molecule has 32 heavy (non-hydrogen) atoms. The van der Waals surface area contributed by atoms with Crippen molar-refractivity contribution >= 4 is 5.91 Å². The van der Waals surface area contributed by atoms with Gasteiger partial charge in [0, 0.05) is 17.7 Å². The number of H-pyrrole nitrogens is 1. The van der Waals surface area contributed by atoms with E-state index in [1.165, 1.54) is 0 Å². The summed E-state index contributed by atoms with van der Waals surface area (Å²) in [6.07, 6.45) is 1.24. The lowest BCUT2D eigenvalue weighted by Gasteiger charge is -2.14. The van der Waals surface area contributed by atoms with Crippen LogP contribution in [0, 0.1) is 0 Å². The van der Waals surface area contributed by atoms with Crippen molar-refractivity contribution in [1.29, 1.82) is 0 Å². The molecular weight excluding hydrogens is 402 g/mol. The molecule has 0 spiro atoms. The lowest BCUT2D eigenvalue weighted by Crippen LogP contribution is -2.35. The predicted octanol–water partition coefficient (Wildman–Crippen LogP) is 4.84. The highest BCUT2D eigenvalue weighted by Gasteiger charge is 2.14. The summed E-state index contributed by atoms with van der Waals surface area (Å²) in [5.41, 5.74) is 3.89. The highest BCUT2D eigenvalue weighted by atomic mass is 16.5. The molecule has 1 unspecified atom stereocenters. The number of carbonyl (C=O) groups is 1. The largest absolute Gasteiger partial charge is 0.497 e. The normalized spacial score (nSPS) is 11.6. The third-order valence-electron chi connectivity index (χ3n) is 5.08. The highest BCUT2D eigenvalue weighted by Crippen LogP contribution is 2.25. The summed E-state index contributed by atoms with van der Waals surface area (Å²) in [4.78, 5) is 20.2. The Kier molecular flexibility index (Phi) is 6.51. The number of aromatic amines is 1. The highest BCUT2D eigenvalue weighted by molar-refractivity contribution is 5.80. The second-order valence-electron chi connectivity index (χ2n) is 7.37. The molecule has 0 saturated carbocycles. The maximum Gasteiger partial charge on any atom is 0.261 e. The topological polar surface area (TPSA) is 76.2 Å². The van der Waals surface area contributed by atoms with E-state index in [0.29, 0.717) is 12.3 Å². The number of imidazole rings is 1. The molecule has 2 N–H and O–H groups in total. The molecule has 0 saturated heterocycles. The average Bonchev–Trinajstić information content (AvgIpc) is 3.34. The van der Waals surface area contributed by atoms with Crippen LogP contribution in [0.15, 0.2) is 85.1 Å². The van der Waals surface area contributed by atoms with Gasteiger partial charge in [-0.25, -0.2) is 4.98 Å². The van der Waals surface area contributed by atoms with Crippen molar-refractivity contribution in [2.45, 2.75) is 19.6 Å². The van der Waals surface area contributed by atoms with E-state index in [1.54, 1.807) is 14.0 Å². The summed E-state index contributed by atoms with van der Waals surface area (Å²) >= 11 is 0. The van der Waals surface area contributed by atoms with E-state index in [9.17, 15) is 4.79 Å². The first-order valence-electron chi connectivity index (χ1n) is 10.4. The number of hydrogen-bond donors (Lipinski definition) is 2. The van der Waals surface area contributed by atoms with Crippen molar-refractivity contribution in [2.75, 3.05) is 7.11 Å². The van der Waals surface area contributed by atoms with Crippen LogP contribution in [0.3, 0.4) is 0 Å². The second kappa shape index (κ2) is 9.83. The molecule has 1 amide bonds. The summed E-state index contributed by atoms with van der Waals surface area (Å²) in [5, 5.41) is 2.92. The average molecular weight is 428 g/mol. The molecule has 0 aliphatic rings. The molecule has 3 aromatic carbocycles. The van der Waals surface area contributed by atoms with Crippen molar-refractivity contribution in [2.24, 2.45) is 0 Å². The molecule has 0 bridgehead atoms. The molecule has 4 rings (SSSR count). The zero-order valence-electron chi connectivity index (χ0n) is 18.0. The molecule has 162 valence electrons. The molecule has 0 fully saturated rings. The number of rotatable bonds is 8. The van der Waals surface area contributed by atoms with Gasteiger partial charge in [0.2, 0.25) is 0 Å². The van der Waals surface area contributed by atoms with Crippen molar-refractivity contribution < 1.29 is 14.3 Å². The van der Waals surface area contributed by atoms with E-state index < -0.39 is 6.10 Å². The fourth-order valence-electron chi connectivity index (χ4n) is 3.28. The summed E-state index contributed by atoms with van der Waals surface area (Å²) in [5.74, 6) is 2.09. The van der Waals surface area contributed by atoms with Crippen LogP contribution in [-0.4, -0.2) is 29.1 Å². The second-order valence-corrected chi connectivity index (χ2v) is 7.37. The first-order chi connectivity index (χ1) is 15.6. The minimum Gasteiger partial charge on any atom is -0.497 e. The Morgan fingerprint density at radius 2 is 1.72 bits per heavy atom. The fraction of sp³-hybridized carbons (Fsp3) is 0.154. The number of nitrogens with one attached hydrogen (secondary N) is 2. The number of carbonyl (C=O) groups excluding carboxylic acids is 1. The fourth-order valence-corrected chi connectivity index (χ4v) is 3.28. The number of hydrogen-bond acceptors (Lipinski definition) is 4. The number of aromatic nitrogens is 2. The van der Waals surface area contributed by atoms with Crippen LogP contribution < -0.4 is 14.8 Å². The van der Waals surface area contributed by atoms with E-state index in [4.69, 9.17) is 9.47 Å². The van der Waals surface area contributed by atoms with E-state index in [1.807, 2.05) is 85.1 Å². The quantitative estimate of drug-likeness (QED) is 0.422. The summed E-state index contributed by atoms with van der Waals surface area (Å²) in [7, 11) is 1.65. The van der Waals surface area contributed by atoms with Gasteiger partial charge in [0.05, 0.1) is 19.0 Å². The van der Waals surface area contributed by atoms with Crippen molar-refractivity contribution in [3.05, 3.63) is 90.6 Å². The molecule has 1 heterocycles. The molecule has 1 atom stereocenters. The molecule has 4 aromatic rings. The third-order valence-corrected chi connectivity index (χ3v) is 5.08. The van der Waals surface area contributed by atoms with Crippen molar-refractivity contribution in [3.63, 3.8) is 0 Å². The number of methoxy groups -OCH3 is 1. The Morgan fingerprint density at radius 1 is 0.969 bits per heavy atom. The molecule has 0 aliphatic carbocycles. The zero-order valence-corrected chi connectivity index (χ0v) is 18.0. The van der Waals surface area contributed by atoms with Crippen LogP contribution in [0.1, 0.15) is 12.5 Å². The van der Waals surface area contributed by atoms with E-state index in [0.717, 1.165) is 34.0 Å². The van der Waals surface area contributed by atoms with Gasteiger partial charge in [-0.05, 0) is 36.8 Å². The molecule has 0 radical (unpaired) electrons. The van der Waals surface area contributed by atoms with Gasteiger partial charge in [-0.1, -0.05) is 54.6 Å². The van der Waals surface area contributed by atoms with Gasteiger partial charge in [-0.15, -0.1) is 0 Å². The maximum absolute atomic E-state index is 12.3. The smallest absolute Gasteiger partial charge is 0.261 e. The van der Waals surface area contributed by atoms with Crippen LogP contribution in [0.2, 0.25) is 0 Å². The van der Waals surface area contributed by atoms with Gasteiger partial charge in [0.1, 0.15) is 17.3 Å². The summed E-state index contributed by atoms with van der Waals surface area (Å²) in [6.45, 7) is 2.16. The molecular formula is C26H25N3O3. The first-order valence-corrected chi connectivity index (χ1v) is 10.4. The number of benzene rings is 3. The van der Waals surface area contributed by atoms with Gasteiger partial charge in [0.15, 0.2) is 6.10 Å². The van der Waals surface area contributed by atoms with E-state index in [-0.39, 0.29) is 5.91 Å². The lowest BCUT2D eigenvalue weighted by atomic mass is 10.1. The third kappa shape index (κ3) is 5.16. The van der Waals surface area contributed by atoms with Crippen LogP contribution >= 0.6 is 0 Å². The standard InChI is InChI=1S/C26H25N3O3/c1-18(32-22-8-4-3-5-9-22)26(30)28-16-19-11-13-20(14-12-19)25-27-17-24(29-25)21-7-6-10-23(15-21)31-2/h3-15,17-18H,16H2,1-2H3,(H,27,29)(H,28,30). The van der Waals surface area contributed by atoms with Crippen molar-refractivity contribution in [3.8, 4) is 34.1 Å². The Bertz CT molecular complexity index is 1170. The molecule has 6 nitrogen and oxygen atoms in total. The number of ether oxygens (including phenoxy) is 2. The Labute approximate surface area is 187 Å². The Hall–Kier alpha value is -4.06. The van der Waals surface area contributed by atoms with E-state index in [2.05, 4.69) is 15.3 Å². The molecule has 6 heteroatoms. The van der Waals surface area contributed by atoms with Gasteiger partial charge >= 0.3 is 0 Å². The SMILES string of the molecule is COc1cccc(-c2cnc(-c3ccc(CNC(=O)C(C)Oc4ccccc4)cc3)[nH]2)c1. The van der Waals surface area contributed by atoms with Crippen LogP contribution in [0.4, 0.5) is 0 Å². The van der Waals surface area contributed by atoms with Gasteiger partial charge < -0.3 is 19.8 Å². The first kappa shape index (κ1) is 21.2. The monoisotopic (exact) mass is 427 g/mol. The minimum atomic E-state index is -0.574. The van der Waals surface area contributed by atoms with Crippen LogP contribution in [0.5, 0.6) is 11.5 Å². The Balaban J connectivity index is 1.35. The maximum atomic E-state index is 12.3. The number of para-hydroxylation sites is 1. The van der Waals surface area contributed by atoms with Gasteiger partial charge in [-0.3, -0.25) is 4.79 Å². The minimum absolute atomic E-state index is 0.160. The molecule has 1 aromatic heterocycles. The summed E-state index contributed by atoms with van der Waals surface area (Å²) in [6, 6.07) is 25.1. The molecule has 0 aliphatic heterocycles. The van der Waals surface area contributed by atoms with Crippen LogP contribution in [0.25, 0.3) is 22.6 Å².